The molecule has 0 aliphatic heterocycles. The first-order chi connectivity index (χ1) is 10.9. The van der Waals surface area contributed by atoms with E-state index in [1.165, 1.54) is 23.5 Å². The molecule has 2 aromatic rings. The molecule has 0 amide bonds. The average molecular weight is 314 g/mol. The Morgan fingerprint density at radius 1 is 1.22 bits per heavy atom. The van der Waals surface area contributed by atoms with Crippen LogP contribution in [-0.2, 0) is 14.1 Å². The number of nitrogens with zero attached hydrogens (tertiary/aromatic N) is 5. The number of aromatic nitrogens is 3. The maximum Gasteiger partial charge on any atom is 0.351 e. The maximum absolute atomic E-state index is 12.0. The Hall–Kier alpha value is -3.61. The van der Waals surface area contributed by atoms with Crippen molar-refractivity contribution in [3.63, 3.8) is 0 Å². The molecule has 0 saturated heterocycles. The van der Waals surface area contributed by atoms with E-state index in [0.717, 1.165) is 4.57 Å². The Morgan fingerprint density at radius 2 is 1.74 bits per heavy atom. The zero-order valence-corrected chi connectivity index (χ0v) is 12.4. The zero-order valence-electron chi connectivity index (χ0n) is 12.4. The van der Waals surface area contributed by atoms with Gasteiger partial charge in [-0.3, -0.25) is 10.8 Å². The van der Waals surface area contributed by atoms with Crippen molar-refractivity contribution >= 4 is 17.2 Å². The maximum atomic E-state index is 12.0. The topological polar surface area (TPSA) is 147 Å². The molecule has 0 bridgehead atoms. The molecule has 0 atom stereocenters. The Kier molecular flexibility index (Phi) is 4.13. The van der Waals surface area contributed by atoms with Gasteiger partial charge in [-0.2, -0.15) is 10.4 Å². The van der Waals surface area contributed by atoms with Gasteiger partial charge in [0.2, 0.25) is 5.71 Å². The van der Waals surface area contributed by atoms with E-state index in [0.29, 0.717) is 11.4 Å². The Labute approximate surface area is 130 Å². The van der Waals surface area contributed by atoms with E-state index < -0.39 is 17.2 Å². The molecule has 10 nitrogen and oxygen atoms in total. The SMILES string of the molecule is Cn1c(=O)n(-c2ccc(N/N=C(\C#N)C(=N)N)cc2)c(=O)n1C. The molecule has 0 aliphatic rings. The number of amidine groups is 1. The van der Waals surface area contributed by atoms with Crippen molar-refractivity contribution in [1.82, 2.24) is 13.9 Å². The number of hydrogen-bond donors (Lipinski definition) is 3. The van der Waals surface area contributed by atoms with Crippen molar-refractivity contribution in [1.29, 1.82) is 10.7 Å². The Balaban J connectivity index is 2.33. The summed E-state index contributed by atoms with van der Waals surface area (Å²) in [5.41, 5.74) is 7.48. The normalized spacial score (nSPS) is 11.1. The van der Waals surface area contributed by atoms with Crippen molar-refractivity contribution in [3.8, 4) is 11.8 Å². The summed E-state index contributed by atoms with van der Waals surface area (Å²) in [4.78, 5) is 24.0. The number of rotatable bonds is 4. The van der Waals surface area contributed by atoms with Crippen LogP contribution >= 0.6 is 0 Å². The highest BCUT2D eigenvalue weighted by atomic mass is 16.2. The number of hydrazone groups is 1. The van der Waals surface area contributed by atoms with E-state index in [2.05, 4.69) is 10.5 Å². The fourth-order valence-electron chi connectivity index (χ4n) is 1.80. The summed E-state index contributed by atoms with van der Waals surface area (Å²) in [6.45, 7) is 0. The highest BCUT2D eigenvalue weighted by molar-refractivity contribution is 6.45. The van der Waals surface area contributed by atoms with Crippen LogP contribution in [0.2, 0.25) is 0 Å². The van der Waals surface area contributed by atoms with E-state index in [-0.39, 0.29) is 5.71 Å². The van der Waals surface area contributed by atoms with Gasteiger partial charge in [0.05, 0.1) is 11.4 Å². The number of anilines is 1. The van der Waals surface area contributed by atoms with E-state index >= 15 is 0 Å². The number of nitrogens with one attached hydrogen (secondary N) is 2. The van der Waals surface area contributed by atoms with Crippen molar-refractivity contribution in [3.05, 3.63) is 45.2 Å². The van der Waals surface area contributed by atoms with Crippen molar-refractivity contribution in [2.24, 2.45) is 24.9 Å². The molecule has 4 N–H and O–H groups in total. The molecule has 118 valence electrons. The molecule has 0 radical (unpaired) electrons. The van der Waals surface area contributed by atoms with Crippen LogP contribution in [0.1, 0.15) is 0 Å². The average Bonchev–Trinajstić information content (AvgIpc) is 2.72. The van der Waals surface area contributed by atoms with Gasteiger partial charge >= 0.3 is 11.4 Å². The summed E-state index contributed by atoms with van der Waals surface area (Å²) >= 11 is 0. The van der Waals surface area contributed by atoms with Gasteiger partial charge in [0.25, 0.3) is 0 Å². The van der Waals surface area contributed by atoms with E-state index in [1.807, 2.05) is 0 Å². The lowest BCUT2D eigenvalue weighted by atomic mass is 10.3. The van der Waals surface area contributed by atoms with Crippen LogP contribution in [-0.4, -0.2) is 25.5 Å². The zero-order chi connectivity index (χ0) is 17.1. The third kappa shape index (κ3) is 2.88. The molecule has 0 saturated carbocycles. The minimum absolute atomic E-state index is 0.248. The van der Waals surface area contributed by atoms with E-state index in [9.17, 15) is 9.59 Å². The van der Waals surface area contributed by atoms with Crippen LogP contribution in [0.25, 0.3) is 5.69 Å². The number of nitriles is 1. The third-order valence-electron chi connectivity index (χ3n) is 3.17. The Bertz CT molecular complexity index is 903. The summed E-state index contributed by atoms with van der Waals surface area (Å²) < 4.78 is 3.43. The molecule has 1 aromatic heterocycles. The molecule has 0 aliphatic carbocycles. The van der Waals surface area contributed by atoms with Gasteiger partial charge in [-0.15, -0.1) is 0 Å². The van der Waals surface area contributed by atoms with Crippen LogP contribution in [0.3, 0.4) is 0 Å². The second-order valence-electron chi connectivity index (χ2n) is 4.59. The first-order valence-electron chi connectivity index (χ1n) is 6.40. The van der Waals surface area contributed by atoms with Crippen LogP contribution in [0, 0.1) is 16.7 Å². The Morgan fingerprint density at radius 3 is 2.17 bits per heavy atom. The molecule has 2 rings (SSSR count). The van der Waals surface area contributed by atoms with Gasteiger partial charge in [-0.25, -0.2) is 23.5 Å². The van der Waals surface area contributed by atoms with Gasteiger partial charge in [0.15, 0.2) is 5.84 Å². The molecular weight excluding hydrogens is 300 g/mol. The lowest BCUT2D eigenvalue weighted by Gasteiger charge is -2.03. The minimum Gasteiger partial charge on any atom is -0.382 e. The minimum atomic E-state index is -0.459. The molecule has 0 spiro atoms. The predicted octanol–water partition coefficient (Wildman–Crippen LogP) is -0.898. The monoisotopic (exact) mass is 314 g/mol. The lowest BCUT2D eigenvalue weighted by Crippen LogP contribution is -2.26. The molecule has 1 heterocycles. The van der Waals surface area contributed by atoms with Gasteiger partial charge in [0.1, 0.15) is 6.07 Å². The first-order valence-corrected chi connectivity index (χ1v) is 6.40. The van der Waals surface area contributed by atoms with E-state index in [1.54, 1.807) is 30.3 Å². The summed E-state index contributed by atoms with van der Waals surface area (Å²) in [6, 6.07) is 7.94. The summed E-state index contributed by atoms with van der Waals surface area (Å²) in [6.07, 6.45) is 0. The standard InChI is InChI=1S/C13H14N8O2/c1-19-12(22)21(13(23)20(19)2)9-5-3-8(4-6-9)17-18-10(7-14)11(15)16/h3-6,17H,1-2H3,(H3,15,16)/b18-10+. The second kappa shape index (κ2) is 6.02. The molecule has 23 heavy (non-hydrogen) atoms. The molecule has 1 aromatic carbocycles. The quantitative estimate of drug-likeness (QED) is 0.380. The molecule has 0 fully saturated rings. The van der Waals surface area contributed by atoms with Gasteiger partial charge in [0, 0.05) is 14.1 Å². The number of hydrogen-bond acceptors (Lipinski definition) is 6. The van der Waals surface area contributed by atoms with Crippen molar-refractivity contribution < 1.29 is 0 Å². The van der Waals surface area contributed by atoms with Gasteiger partial charge < -0.3 is 5.73 Å². The van der Waals surface area contributed by atoms with Crippen molar-refractivity contribution in [2.75, 3.05) is 5.43 Å². The smallest absolute Gasteiger partial charge is 0.351 e. The highest BCUT2D eigenvalue weighted by Crippen LogP contribution is 2.11. The highest BCUT2D eigenvalue weighted by Gasteiger charge is 2.11. The third-order valence-corrected chi connectivity index (χ3v) is 3.17. The first kappa shape index (κ1) is 15.8. The lowest BCUT2D eigenvalue weighted by molar-refractivity contribution is 0.565. The van der Waals surface area contributed by atoms with Crippen molar-refractivity contribution in [2.45, 2.75) is 0 Å². The molecule has 0 unspecified atom stereocenters. The summed E-state index contributed by atoms with van der Waals surface area (Å²) in [5.74, 6) is -0.448. The summed E-state index contributed by atoms with van der Waals surface area (Å²) in [5, 5.41) is 19.6. The number of nitrogens with two attached hydrogens (primary N) is 1. The summed E-state index contributed by atoms with van der Waals surface area (Å²) in [7, 11) is 2.99. The van der Waals surface area contributed by atoms with Crippen LogP contribution < -0.4 is 22.5 Å². The van der Waals surface area contributed by atoms with Crippen LogP contribution in [0.15, 0.2) is 39.0 Å². The van der Waals surface area contributed by atoms with Gasteiger partial charge in [-0.1, -0.05) is 0 Å². The molecule has 10 heteroatoms. The van der Waals surface area contributed by atoms with Crippen LogP contribution in [0.5, 0.6) is 0 Å². The number of benzene rings is 1. The fraction of sp³-hybridized carbons (Fsp3) is 0.154. The predicted molar refractivity (Wildman–Crippen MR) is 84.8 cm³/mol. The fourth-order valence-corrected chi connectivity index (χ4v) is 1.80. The van der Waals surface area contributed by atoms with Crippen LogP contribution in [0.4, 0.5) is 5.69 Å². The van der Waals surface area contributed by atoms with Gasteiger partial charge in [-0.05, 0) is 24.3 Å². The molecular formula is C13H14N8O2. The largest absolute Gasteiger partial charge is 0.382 e. The van der Waals surface area contributed by atoms with E-state index in [4.69, 9.17) is 16.4 Å². The second-order valence-corrected chi connectivity index (χ2v) is 4.59.